The quantitative estimate of drug-likeness (QED) is 0.243. The van der Waals surface area contributed by atoms with Gasteiger partial charge in [-0.1, -0.05) is 18.2 Å². The molecule has 1 fully saturated rings. The van der Waals surface area contributed by atoms with Crippen LogP contribution in [0.1, 0.15) is 36.8 Å². The molecule has 0 amide bonds. The highest BCUT2D eigenvalue weighted by Gasteiger charge is 2.40. The van der Waals surface area contributed by atoms with E-state index in [0.717, 1.165) is 55.9 Å². The molecular weight excluding hydrogens is 550 g/mol. The molecule has 42 heavy (non-hydrogen) atoms. The Balaban J connectivity index is 0.000000316. The summed E-state index contributed by atoms with van der Waals surface area (Å²) in [5.41, 5.74) is 1.64. The Kier molecular flexibility index (Phi) is 10.9. The van der Waals surface area contributed by atoms with Gasteiger partial charge in [-0.25, -0.2) is 9.59 Å². The molecule has 4 N–H and O–H groups in total. The second kappa shape index (κ2) is 14.1. The third kappa shape index (κ3) is 8.41. The molecule has 0 spiro atoms. The largest absolute Gasteiger partial charge is 0.497 e. The van der Waals surface area contributed by atoms with Gasteiger partial charge in [0.25, 0.3) is 0 Å². The number of aryl methyl sites for hydroxylation is 2. The topological polar surface area (TPSA) is 181 Å². The lowest BCUT2D eigenvalue weighted by molar-refractivity contribution is -0.170. The number of ether oxygens (including phenoxy) is 2. The van der Waals surface area contributed by atoms with E-state index < -0.39 is 36.4 Å². The second-order valence-corrected chi connectivity index (χ2v) is 10.4. The highest BCUT2D eigenvalue weighted by molar-refractivity contribution is 5.88. The van der Waals surface area contributed by atoms with Crippen LogP contribution in [0.25, 0.3) is 11.0 Å². The number of aromatic nitrogens is 2. The van der Waals surface area contributed by atoms with E-state index in [2.05, 4.69) is 29.2 Å². The number of aliphatic carboxylic acids is 3. The molecule has 4 rings (SSSR count). The van der Waals surface area contributed by atoms with Gasteiger partial charge in [-0.15, -0.1) is 0 Å². The van der Waals surface area contributed by atoms with Crippen molar-refractivity contribution in [3.8, 4) is 5.75 Å². The lowest BCUT2D eigenvalue weighted by Crippen LogP contribution is -2.42. The highest BCUT2D eigenvalue weighted by atomic mass is 16.5. The van der Waals surface area contributed by atoms with E-state index in [1.807, 2.05) is 32.3 Å². The fraction of sp³-hybridized carbons (Fsp3) is 0.448. The number of benzene rings is 2. The number of hydrogen-bond donors (Lipinski definition) is 4. The van der Waals surface area contributed by atoms with Crippen LogP contribution in [0.3, 0.4) is 0 Å². The summed E-state index contributed by atoms with van der Waals surface area (Å²) >= 11 is 0. The van der Waals surface area contributed by atoms with E-state index in [0.29, 0.717) is 0 Å². The molecule has 1 aromatic heterocycles. The van der Waals surface area contributed by atoms with Crippen molar-refractivity contribution >= 4 is 28.9 Å². The first-order valence-corrected chi connectivity index (χ1v) is 13.3. The van der Waals surface area contributed by atoms with Gasteiger partial charge in [0.05, 0.1) is 37.1 Å². The molecule has 13 nitrogen and oxygen atoms in total. The first kappa shape index (κ1) is 32.3. The van der Waals surface area contributed by atoms with Gasteiger partial charge in [-0.3, -0.25) is 23.6 Å². The van der Waals surface area contributed by atoms with Gasteiger partial charge in [0.1, 0.15) is 5.75 Å². The van der Waals surface area contributed by atoms with Crippen molar-refractivity contribution < 1.29 is 44.3 Å². The molecule has 0 aliphatic carbocycles. The van der Waals surface area contributed by atoms with Crippen LogP contribution in [-0.4, -0.2) is 84.3 Å². The Bertz CT molecular complexity index is 1440. The summed E-state index contributed by atoms with van der Waals surface area (Å²) in [5, 5.41) is 33.8. The number of carboxylic acids is 3. The van der Waals surface area contributed by atoms with Crippen LogP contribution in [0.2, 0.25) is 0 Å². The number of rotatable bonds is 12. The van der Waals surface area contributed by atoms with Gasteiger partial charge in [-0.05, 0) is 48.2 Å². The summed E-state index contributed by atoms with van der Waals surface area (Å²) in [7, 11) is 5.33. The molecular formula is C29H37N3O10. The summed E-state index contributed by atoms with van der Waals surface area (Å²) in [5.74, 6) is -4.15. The normalized spacial score (nSPS) is 14.9. The first-order valence-electron chi connectivity index (χ1n) is 13.3. The lowest BCUT2D eigenvalue weighted by Gasteiger charge is -2.25. The Labute approximate surface area is 242 Å². The van der Waals surface area contributed by atoms with Crippen molar-refractivity contribution in [2.45, 2.75) is 50.5 Å². The van der Waals surface area contributed by atoms with Crippen molar-refractivity contribution in [2.75, 3.05) is 20.3 Å². The number of carbonyl (C=O) groups is 3. The van der Waals surface area contributed by atoms with Crippen molar-refractivity contribution in [2.24, 2.45) is 14.1 Å². The summed E-state index contributed by atoms with van der Waals surface area (Å²) in [4.78, 5) is 45.1. The minimum atomic E-state index is -2.74. The average molecular weight is 588 g/mol. The van der Waals surface area contributed by atoms with Gasteiger partial charge in [-0.2, -0.15) is 0 Å². The first-order chi connectivity index (χ1) is 19.8. The monoisotopic (exact) mass is 587 g/mol. The predicted octanol–water partition coefficient (Wildman–Crippen LogP) is 1.82. The van der Waals surface area contributed by atoms with Crippen LogP contribution in [0, 0.1) is 0 Å². The van der Waals surface area contributed by atoms with Gasteiger partial charge in [0.2, 0.25) is 0 Å². The molecule has 13 heteroatoms. The summed E-state index contributed by atoms with van der Waals surface area (Å²) in [6.45, 7) is 3.41. The maximum Gasteiger partial charge on any atom is 0.336 e. The van der Waals surface area contributed by atoms with Gasteiger partial charge >= 0.3 is 23.6 Å². The molecule has 228 valence electrons. The van der Waals surface area contributed by atoms with Crippen LogP contribution in [-0.2, 0) is 46.3 Å². The predicted molar refractivity (Wildman–Crippen MR) is 151 cm³/mol. The van der Waals surface area contributed by atoms with Crippen LogP contribution >= 0.6 is 0 Å². The Morgan fingerprint density at radius 2 is 1.52 bits per heavy atom. The maximum atomic E-state index is 12.2. The van der Waals surface area contributed by atoms with Gasteiger partial charge < -0.3 is 29.9 Å². The average Bonchev–Trinajstić information content (AvgIpc) is 3.51. The minimum absolute atomic E-state index is 0.00611. The Morgan fingerprint density at radius 1 is 0.952 bits per heavy atom. The van der Waals surface area contributed by atoms with Crippen molar-refractivity contribution in [3.05, 3.63) is 64.1 Å². The molecule has 1 unspecified atom stereocenters. The van der Waals surface area contributed by atoms with Crippen LogP contribution in [0.15, 0.2) is 47.3 Å². The van der Waals surface area contributed by atoms with Gasteiger partial charge in [0, 0.05) is 40.3 Å². The molecule has 0 radical (unpaired) electrons. The van der Waals surface area contributed by atoms with E-state index >= 15 is 0 Å². The molecule has 0 bridgehead atoms. The van der Waals surface area contributed by atoms with E-state index in [4.69, 9.17) is 29.9 Å². The van der Waals surface area contributed by atoms with Crippen LogP contribution < -0.4 is 10.4 Å². The Hall–Kier alpha value is -4.20. The molecule has 0 saturated carbocycles. The number of methoxy groups -OCH3 is 1. The smallest absolute Gasteiger partial charge is 0.336 e. The molecule has 1 atom stereocenters. The molecule has 1 saturated heterocycles. The van der Waals surface area contributed by atoms with E-state index in [-0.39, 0.29) is 11.8 Å². The summed E-state index contributed by atoms with van der Waals surface area (Å²) < 4.78 is 14.6. The third-order valence-electron chi connectivity index (χ3n) is 7.08. The molecule has 1 aliphatic heterocycles. The van der Waals surface area contributed by atoms with Crippen LogP contribution in [0.4, 0.5) is 0 Å². The molecule has 2 heterocycles. The molecule has 2 aromatic carbocycles. The molecule has 1 aliphatic rings. The zero-order valence-corrected chi connectivity index (χ0v) is 23.9. The van der Waals surface area contributed by atoms with Crippen molar-refractivity contribution in [1.29, 1.82) is 0 Å². The van der Waals surface area contributed by atoms with Crippen molar-refractivity contribution in [3.63, 3.8) is 0 Å². The second-order valence-electron chi connectivity index (χ2n) is 10.4. The Morgan fingerprint density at radius 3 is 2.05 bits per heavy atom. The minimum Gasteiger partial charge on any atom is -0.497 e. The summed E-state index contributed by atoms with van der Waals surface area (Å²) in [6, 6.07) is 14.5. The lowest BCUT2D eigenvalue weighted by atomic mass is 9.96. The number of nitrogens with zero attached hydrogens (tertiary/aromatic N) is 3. The zero-order chi connectivity index (χ0) is 31.0. The fourth-order valence-corrected chi connectivity index (χ4v) is 4.87. The number of fused-ring (bicyclic) bond motifs is 1. The standard InChI is InChI=1S/C23H29N3O3.C6H8O7/c1-24-21-11-8-18(13-22(21)25(2)23(24)27)15-26(16-20-5-4-12-29-20)14-17-6-9-19(28-3)10-7-17;7-3(8)1-6(13,5(11)12)2-4(9)10/h6-11,13,20H,4-5,12,14-16H2,1-3H3;13H,1-2H2,(H,7,8)(H,9,10)(H,11,12). The fourth-order valence-electron chi connectivity index (χ4n) is 4.87. The maximum absolute atomic E-state index is 12.2. The number of carboxylic acid groups (broad SMARTS) is 3. The van der Waals surface area contributed by atoms with Gasteiger partial charge in [0.15, 0.2) is 5.60 Å². The third-order valence-corrected chi connectivity index (χ3v) is 7.08. The van der Waals surface area contributed by atoms with Crippen molar-refractivity contribution in [1.82, 2.24) is 14.0 Å². The summed E-state index contributed by atoms with van der Waals surface area (Å²) in [6.07, 6.45) is 0.256. The zero-order valence-electron chi connectivity index (χ0n) is 23.9. The number of aliphatic hydroxyl groups is 1. The number of imidazole rings is 1. The number of hydrogen-bond acceptors (Lipinski definition) is 8. The van der Waals surface area contributed by atoms with Crippen LogP contribution in [0.5, 0.6) is 5.75 Å². The SMILES string of the molecule is COc1ccc(CN(Cc2ccc3c(c2)n(C)c(=O)n3C)CC2CCCO2)cc1.O=C(O)CC(O)(CC(=O)O)C(=O)O. The van der Waals surface area contributed by atoms with E-state index in [9.17, 15) is 19.2 Å². The molecule has 3 aromatic rings. The van der Waals surface area contributed by atoms with E-state index in [1.54, 1.807) is 16.2 Å². The highest BCUT2D eigenvalue weighted by Crippen LogP contribution is 2.21. The van der Waals surface area contributed by atoms with E-state index in [1.165, 1.54) is 11.1 Å².